The Morgan fingerprint density at radius 3 is 2.21 bits per heavy atom. The minimum atomic E-state index is -4.90. The number of hydrogen-bond donors (Lipinski definition) is 1. The number of hydrogen-bond acceptors (Lipinski definition) is 5. The predicted molar refractivity (Wildman–Crippen MR) is 82.5 cm³/mol. The highest BCUT2D eigenvalue weighted by Crippen LogP contribution is 2.47. The molecule has 0 aliphatic heterocycles. The number of ether oxygens (including phenoxy) is 1. The van der Waals surface area contributed by atoms with Crippen LogP contribution in [0.1, 0.15) is 14.5 Å². The third-order valence-electron chi connectivity index (χ3n) is 2.91. The molecule has 0 fully saturated rings. The summed E-state index contributed by atoms with van der Waals surface area (Å²) in [6.07, 6.45) is -4.90. The quantitative estimate of drug-likeness (QED) is 0.800. The van der Waals surface area contributed by atoms with Crippen molar-refractivity contribution < 1.29 is 31.1 Å². The summed E-state index contributed by atoms with van der Waals surface area (Å²) in [5.74, 6) is -1.23. The van der Waals surface area contributed by atoms with Crippen LogP contribution in [-0.4, -0.2) is 21.5 Å². The molecule has 2 aromatic rings. The predicted octanol–water partition coefficient (Wildman–Crippen LogP) is 3.52. The van der Waals surface area contributed by atoms with Crippen molar-refractivity contribution in [3.8, 4) is 11.1 Å². The van der Waals surface area contributed by atoms with Crippen molar-refractivity contribution in [2.24, 2.45) is 5.14 Å². The summed E-state index contributed by atoms with van der Waals surface area (Å²) in [4.78, 5) is 8.81. The lowest BCUT2D eigenvalue weighted by Gasteiger charge is -2.10. The number of benzene rings is 1. The van der Waals surface area contributed by atoms with Gasteiger partial charge in [0.15, 0.2) is 0 Å². The molecule has 130 valence electrons. The van der Waals surface area contributed by atoms with E-state index in [4.69, 9.17) is 16.7 Å². The highest BCUT2D eigenvalue weighted by Gasteiger charge is 2.42. The Morgan fingerprint density at radius 1 is 1.25 bits per heavy atom. The number of carbonyl (C=O) groups is 1. The highest BCUT2D eigenvalue weighted by molar-refractivity contribution is 7.89. The molecule has 0 unspecified atom stereocenters. The smallest absolute Gasteiger partial charge is 0.426 e. The lowest BCUT2D eigenvalue weighted by atomic mass is 10.1. The molecule has 1 aromatic heterocycles. The molecule has 0 spiro atoms. The molecule has 0 aliphatic carbocycles. The largest absolute Gasteiger partial charge is 0.465 e. The fraction of sp³-hybridized carbons (Fsp3) is 0.154. The molecule has 0 radical (unpaired) electrons. The zero-order valence-corrected chi connectivity index (χ0v) is 14.2. The zero-order valence-electron chi connectivity index (χ0n) is 11.8. The van der Waals surface area contributed by atoms with Crippen molar-refractivity contribution >= 4 is 38.9 Å². The normalized spacial score (nSPS) is 12.2. The molecule has 2 rings (SSSR count). The number of esters is 1. The van der Waals surface area contributed by atoms with E-state index in [0.29, 0.717) is 0 Å². The monoisotopic (exact) mass is 399 g/mol. The molecular weight excluding hydrogens is 391 g/mol. The standard InChI is InChI=1S/C13H9ClF3NO4S2/c1-22-12(19)9-10(24(18,20)21)8(11(23-9)13(15,16)17)6-2-4-7(14)5-3-6/h2-5H,1H3,(H2,18,20,21). The van der Waals surface area contributed by atoms with Crippen LogP contribution in [0.4, 0.5) is 13.2 Å². The molecule has 1 heterocycles. The van der Waals surface area contributed by atoms with Crippen molar-refractivity contribution in [3.05, 3.63) is 39.0 Å². The Morgan fingerprint density at radius 2 is 1.79 bits per heavy atom. The molecule has 24 heavy (non-hydrogen) atoms. The zero-order chi connectivity index (χ0) is 18.3. The summed E-state index contributed by atoms with van der Waals surface area (Å²) < 4.78 is 68.2. The molecule has 5 nitrogen and oxygen atoms in total. The molecule has 0 saturated carbocycles. The molecule has 0 saturated heterocycles. The van der Waals surface area contributed by atoms with E-state index in [0.717, 1.165) is 7.11 Å². The maximum atomic E-state index is 13.4. The number of nitrogens with two attached hydrogens (primary N) is 1. The average Bonchev–Trinajstić information content (AvgIpc) is 2.88. The number of primary sulfonamides is 1. The Labute approximate surface area is 143 Å². The molecule has 0 aliphatic rings. The molecule has 2 N–H and O–H groups in total. The van der Waals surface area contributed by atoms with E-state index >= 15 is 0 Å². The minimum Gasteiger partial charge on any atom is -0.465 e. The van der Waals surface area contributed by atoms with Crippen LogP contribution in [-0.2, 0) is 20.9 Å². The third kappa shape index (κ3) is 3.56. The number of sulfonamides is 1. The number of methoxy groups -OCH3 is 1. The lowest BCUT2D eigenvalue weighted by molar-refractivity contribution is -0.133. The van der Waals surface area contributed by atoms with E-state index in [1.807, 2.05) is 0 Å². The molecule has 1 aromatic carbocycles. The number of thiophene rings is 1. The second kappa shape index (κ2) is 6.36. The first-order valence-corrected chi connectivity index (χ1v) is 8.82. The summed E-state index contributed by atoms with van der Waals surface area (Å²) >= 11 is 5.66. The van der Waals surface area contributed by atoms with Crippen LogP contribution in [0.3, 0.4) is 0 Å². The van der Waals surface area contributed by atoms with Gasteiger partial charge in [0.05, 0.1) is 7.11 Å². The summed E-state index contributed by atoms with van der Waals surface area (Å²) in [5.41, 5.74) is -0.797. The molecule has 0 amide bonds. The Balaban J connectivity index is 2.95. The highest BCUT2D eigenvalue weighted by atomic mass is 35.5. The maximum absolute atomic E-state index is 13.4. The maximum Gasteiger partial charge on any atom is 0.426 e. The van der Waals surface area contributed by atoms with E-state index in [1.165, 1.54) is 24.3 Å². The summed E-state index contributed by atoms with van der Waals surface area (Å²) in [5, 5.41) is 5.30. The van der Waals surface area contributed by atoms with E-state index in [9.17, 15) is 26.4 Å². The van der Waals surface area contributed by atoms with Crippen molar-refractivity contribution in [2.45, 2.75) is 11.1 Å². The number of halogens is 4. The van der Waals surface area contributed by atoms with Crippen molar-refractivity contribution in [1.82, 2.24) is 0 Å². The van der Waals surface area contributed by atoms with E-state index in [1.54, 1.807) is 0 Å². The van der Waals surface area contributed by atoms with Gasteiger partial charge in [-0.1, -0.05) is 23.7 Å². The molecule has 11 heteroatoms. The van der Waals surface area contributed by atoms with Crippen molar-refractivity contribution in [3.63, 3.8) is 0 Å². The first-order valence-electron chi connectivity index (χ1n) is 6.08. The first kappa shape index (κ1) is 18.7. The molecule has 0 bridgehead atoms. The van der Waals surface area contributed by atoms with Gasteiger partial charge in [-0.25, -0.2) is 18.4 Å². The Hall–Kier alpha value is -1.62. The summed E-state index contributed by atoms with van der Waals surface area (Å²) in [6.45, 7) is 0. The van der Waals surface area contributed by atoms with Gasteiger partial charge >= 0.3 is 12.1 Å². The SMILES string of the molecule is COC(=O)c1sc(C(F)(F)F)c(-c2ccc(Cl)cc2)c1S(N)(=O)=O. The van der Waals surface area contributed by atoms with Gasteiger partial charge in [0.25, 0.3) is 0 Å². The fourth-order valence-electron chi connectivity index (χ4n) is 1.99. The molecule has 0 atom stereocenters. The van der Waals surface area contributed by atoms with E-state index < -0.39 is 42.4 Å². The van der Waals surface area contributed by atoms with Crippen LogP contribution in [0.5, 0.6) is 0 Å². The van der Waals surface area contributed by atoms with Gasteiger partial charge in [-0.15, -0.1) is 11.3 Å². The third-order valence-corrected chi connectivity index (χ3v) is 5.48. The molecular formula is C13H9ClF3NO4S2. The van der Waals surface area contributed by atoms with Gasteiger partial charge < -0.3 is 4.74 Å². The van der Waals surface area contributed by atoms with Crippen molar-refractivity contribution in [1.29, 1.82) is 0 Å². The lowest BCUT2D eigenvalue weighted by Crippen LogP contribution is -2.17. The van der Waals surface area contributed by atoms with Crippen molar-refractivity contribution in [2.75, 3.05) is 7.11 Å². The second-order valence-electron chi connectivity index (χ2n) is 4.51. The van der Waals surface area contributed by atoms with E-state index in [-0.39, 0.29) is 21.9 Å². The van der Waals surface area contributed by atoms with Crippen LogP contribution in [0, 0.1) is 0 Å². The fourth-order valence-corrected chi connectivity index (χ4v) is 4.51. The number of carbonyl (C=O) groups excluding carboxylic acids is 1. The van der Waals surface area contributed by atoms with Gasteiger partial charge in [0.2, 0.25) is 10.0 Å². The average molecular weight is 400 g/mol. The minimum absolute atomic E-state index is 0.0400. The summed E-state index contributed by atoms with van der Waals surface area (Å²) in [7, 11) is -3.72. The summed E-state index contributed by atoms with van der Waals surface area (Å²) in [6, 6.07) is 4.99. The van der Waals surface area contributed by atoms with Gasteiger partial charge in [0.1, 0.15) is 14.6 Å². The van der Waals surface area contributed by atoms with Crippen LogP contribution in [0.15, 0.2) is 29.2 Å². The van der Waals surface area contributed by atoms with E-state index in [2.05, 4.69) is 4.74 Å². The van der Waals surface area contributed by atoms with Crippen LogP contribution in [0.2, 0.25) is 5.02 Å². The van der Waals surface area contributed by atoms with Crippen LogP contribution in [0.25, 0.3) is 11.1 Å². The van der Waals surface area contributed by atoms with Crippen LogP contribution < -0.4 is 5.14 Å². The van der Waals surface area contributed by atoms with Gasteiger partial charge in [-0.2, -0.15) is 13.2 Å². The van der Waals surface area contributed by atoms with Crippen LogP contribution >= 0.6 is 22.9 Å². The second-order valence-corrected chi connectivity index (χ2v) is 7.46. The van der Waals surface area contributed by atoms with Gasteiger partial charge in [-0.05, 0) is 17.7 Å². The van der Waals surface area contributed by atoms with Gasteiger partial charge in [0, 0.05) is 10.6 Å². The topological polar surface area (TPSA) is 86.5 Å². The Kier molecular flexibility index (Phi) is 4.96. The Bertz CT molecular complexity index is 889. The number of alkyl halides is 3. The number of rotatable bonds is 3. The van der Waals surface area contributed by atoms with Gasteiger partial charge in [-0.3, -0.25) is 0 Å². The first-order chi connectivity index (χ1) is 11.0.